The van der Waals surface area contributed by atoms with Crippen LogP contribution in [0.3, 0.4) is 0 Å². The molecular formula is C28H33N3O6. The highest BCUT2D eigenvalue weighted by Gasteiger charge is 2.26. The molecule has 2 amide bonds. The molecule has 0 bridgehead atoms. The molecule has 0 radical (unpaired) electrons. The van der Waals surface area contributed by atoms with Gasteiger partial charge in [-0.25, -0.2) is 0 Å². The van der Waals surface area contributed by atoms with E-state index in [0.717, 1.165) is 28.3 Å². The predicted molar refractivity (Wildman–Crippen MR) is 140 cm³/mol. The standard InChI is InChI=1S/C28H33N3O6/c1-30(27(32)13-20-17-29-16-19-12-24(35-3)25(36-4)14-21(19)20)8-6-9-31-10-7-18-11-23(34-2)26(37-5)15-22(18)28(31)33/h11-12,14-17H,6-10,13H2,1-5H3. The first-order chi connectivity index (χ1) is 17.9. The molecule has 9 nitrogen and oxygen atoms in total. The number of likely N-dealkylation sites (N-methyl/N-ethyl adjacent to an activating group) is 1. The lowest BCUT2D eigenvalue weighted by molar-refractivity contribution is -0.129. The van der Waals surface area contributed by atoms with Gasteiger partial charge < -0.3 is 28.7 Å². The predicted octanol–water partition coefficient (Wildman–Crippen LogP) is 3.36. The number of amides is 2. The summed E-state index contributed by atoms with van der Waals surface area (Å²) in [6.07, 6.45) is 5.10. The van der Waals surface area contributed by atoms with Gasteiger partial charge in [0, 0.05) is 50.0 Å². The van der Waals surface area contributed by atoms with Crippen LogP contribution in [0, 0.1) is 0 Å². The molecule has 0 N–H and O–H groups in total. The highest BCUT2D eigenvalue weighted by atomic mass is 16.5. The maximum Gasteiger partial charge on any atom is 0.254 e. The van der Waals surface area contributed by atoms with Gasteiger partial charge in [-0.3, -0.25) is 14.6 Å². The number of benzene rings is 2. The molecule has 4 rings (SSSR count). The second-order valence-corrected chi connectivity index (χ2v) is 8.98. The Morgan fingerprint density at radius 3 is 2.30 bits per heavy atom. The van der Waals surface area contributed by atoms with Crippen molar-refractivity contribution in [1.82, 2.24) is 14.8 Å². The van der Waals surface area contributed by atoms with E-state index in [2.05, 4.69) is 4.98 Å². The first-order valence-corrected chi connectivity index (χ1v) is 12.2. The van der Waals surface area contributed by atoms with E-state index in [1.54, 1.807) is 58.8 Å². The van der Waals surface area contributed by atoms with E-state index in [9.17, 15) is 9.59 Å². The van der Waals surface area contributed by atoms with Crippen LogP contribution in [0.1, 0.15) is 27.9 Å². The molecule has 9 heteroatoms. The summed E-state index contributed by atoms with van der Waals surface area (Å²) in [6, 6.07) is 7.37. The minimum absolute atomic E-state index is 0.0174. The lowest BCUT2D eigenvalue weighted by atomic mass is 9.98. The summed E-state index contributed by atoms with van der Waals surface area (Å²) >= 11 is 0. The number of hydrogen-bond donors (Lipinski definition) is 0. The third-order valence-corrected chi connectivity index (χ3v) is 6.81. The van der Waals surface area contributed by atoms with E-state index in [4.69, 9.17) is 18.9 Å². The van der Waals surface area contributed by atoms with Crippen molar-refractivity contribution in [2.45, 2.75) is 19.3 Å². The van der Waals surface area contributed by atoms with Gasteiger partial charge in [0.1, 0.15) is 0 Å². The maximum absolute atomic E-state index is 13.1. The number of rotatable bonds is 10. The maximum atomic E-state index is 13.1. The van der Waals surface area contributed by atoms with E-state index in [-0.39, 0.29) is 18.2 Å². The molecule has 37 heavy (non-hydrogen) atoms. The van der Waals surface area contributed by atoms with Crippen molar-refractivity contribution < 1.29 is 28.5 Å². The molecule has 0 fully saturated rings. The summed E-state index contributed by atoms with van der Waals surface area (Å²) in [6.45, 7) is 1.74. The van der Waals surface area contributed by atoms with Crippen molar-refractivity contribution >= 4 is 22.6 Å². The van der Waals surface area contributed by atoms with Crippen LogP contribution in [0.15, 0.2) is 36.7 Å². The van der Waals surface area contributed by atoms with Gasteiger partial charge in [0.15, 0.2) is 23.0 Å². The van der Waals surface area contributed by atoms with Crippen molar-refractivity contribution in [3.05, 3.63) is 53.3 Å². The molecule has 1 aliphatic heterocycles. The number of fused-ring (bicyclic) bond motifs is 2. The van der Waals surface area contributed by atoms with E-state index in [1.807, 2.05) is 23.1 Å². The number of ether oxygens (including phenoxy) is 4. The Bertz CT molecular complexity index is 1310. The number of aromatic nitrogens is 1. The Morgan fingerprint density at radius 1 is 0.946 bits per heavy atom. The van der Waals surface area contributed by atoms with Crippen LogP contribution in [-0.2, 0) is 17.6 Å². The van der Waals surface area contributed by atoms with Crippen LogP contribution in [0.5, 0.6) is 23.0 Å². The highest BCUT2D eigenvalue weighted by Crippen LogP contribution is 2.34. The Kier molecular flexibility index (Phi) is 8.01. The Labute approximate surface area is 216 Å². The molecule has 0 aliphatic carbocycles. The summed E-state index contributed by atoms with van der Waals surface area (Å²) in [5, 5.41) is 1.78. The summed E-state index contributed by atoms with van der Waals surface area (Å²) < 4.78 is 21.5. The number of pyridine rings is 1. The topological polar surface area (TPSA) is 90.4 Å². The Morgan fingerprint density at radius 2 is 1.59 bits per heavy atom. The first kappa shape index (κ1) is 26.1. The number of hydrogen-bond acceptors (Lipinski definition) is 7. The summed E-state index contributed by atoms with van der Waals surface area (Å²) in [4.78, 5) is 33.9. The van der Waals surface area contributed by atoms with E-state index in [1.165, 1.54) is 0 Å². The fraction of sp³-hybridized carbons (Fsp3) is 0.393. The van der Waals surface area contributed by atoms with Gasteiger partial charge in [-0.05, 0) is 53.6 Å². The van der Waals surface area contributed by atoms with Crippen LogP contribution in [0.4, 0.5) is 0 Å². The molecule has 0 saturated carbocycles. The quantitative estimate of drug-likeness (QED) is 0.416. The SMILES string of the molecule is COc1cc2c(cc1OC)C(=O)N(CCCN(C)C(=O)Cc1cncc3cc(OC)c(OC)cc13)CC2. The lowest BCUT2D eigenvalue weighted by Gasteiger charge is -2.30. The third-order valence-electron chi connectivity index (χ3n) is 6.81. The first-order valence-electron chi connectivity index (χ1n) is 12.2. The third kappa shape index (κ3) is 5.40. The fourth-order valence-electron chi connectivity index (χ4n) is 4.69. The van der Waals surface area contributed by atoms with Gasteiger partial charge in [0.05, 0.1) is 34.9 Å². The molecule has 196 valence electrons. The average Bonchev–Trinajstić information content (AvgIpc) is 2.92. The van der Waals surface area contributed by atoms with Crippen molar-refractivity contribution in [2.75, 3.05) is 55.1 Å². The minimum atomic E-state index is -0.0256. The number of carbonyl (C=O) groups excluding carboxylic acids is 2. The van der Waals surface area contributed by atoms with Gasteiger partial charge >= 0.3 is 0 Å². The zero-order chi connectivity index (χ0) is 26.5. The van der Waals surface area contributed by atoms with Crippen molar-refractivity contribution in [3.8, 4) is 23.0 Å². The molecule has 1 aromatic heterocycles. The van der Waals surface area contributed by atoms with Crippen LogP contribution in [0.2, 0.25) is 0 Å². The van der Waals surface area contributed by atoms with Gasteiger partial charge in [-0.2, -0.15) is 0 Å². The van der Waals surface area contributed by atoms with E-state index >= 15 is 0 Å². The number of methoxy groups -OCH3 is 4. The normalized spacial score (nSPS) is 12.8. The largest absolute Gasteiger partial charge is 0.493 e. The van der Waals surface area contributed by atoms with Crippen LogP contribution in [-0.4, -0.2) is 81.7 Å². The molecule has 2 aromatic carbocycles. The van der Waals surface area contributed by atoms with Crippen LogP contribution in [0.25, 0.3) is 10.8 Å². The van der Waals surface area contributed by atoms with Gasteiger partial charge in [0.2, 0.25) is 5.91 Å². The highest BCUT2D eigenvalue weighted by molar-refractivity contribution is 5.97. The fourth-order valence-corrected chi connectivity index (χ4v) is 4.69. The van der Waals surface area contributed by atoms with Crippen LogP contribution < -0.4 is 18.9 Å². The molecule has 0 unspecified atom stereocenters. The molecule has 0 atom stereocenters. The van der Waals surface area contributed by atoms with Gasteiger partial charge in [-0.1, -0.05) is 0 Å². The Hall–Kier alpha value is -4.01. The molecule has 0 spiro atoms. The van der Waals surface area contributed by atoms with Crippen molar-refractivity contribution in [3.63, 3.8) is 0 Å². The monoisotopic (exact) mass is 507 g/mol. The summed E-state index contributed by atoms with van der Waals surface area (Å²) in [5.41, 5.74) is 2.43. The zero-order valence-electron chi connectivity index (χ0n) is 22.0. The second-order valence-electron chi connectivity index (χ2n) is 8.98. The molecule has 3 aromatic rings. The summed E-state index contributed by atoms with van der Waals surface area (Å²) in [7, 11) is 8.11. The summed E-state index contributed by atoms with van der Waals surface area (Å²) in [5.74, 6) is 2.35. The molecule has 0 saturated heterocycles. The Balaban J connectivity index is 1.37. The second kappa shape index (κ2) is 11.4. The zero-order valence-corrected chi connectivity index (χ0v) is 22.0. The average molecular weight is 508 g/mol. The van der Waals surface area contributed by atoms with E-state index < -0.39 is 0 Å². The van der Waals surface area contributed by atoms with Crippen molar-refractivity contribution in [1.29, 1.82) is 0 Å². The number of carbonyl (C=O) groups is 2. The van der Waals surface area contributed by atoms with E-state index in [0.29, 0.717) is 54.6 Å². The smallest absolute Gasteiger partial charge is 0.254 e. The molecular weight excluding hydrogens is 474 g/mol. The molecule has 2 heterocycles. The number of nitrogens with zero attached hydrogens (tertiary/aromatic N) is 3. The van der Waals surface area contributed by atoms with Crippen LogP contribution >= 0.6 is 0 Å². The lowest BCUT2D eigenvalue weighted by Crippen LogP contribution is -2.39. The van der Waals surface area contributed by atoms with Gasteiger partial charge in [-0.15, -0.1) is 0 Å². The molecule has 1 aliphatic rings. The minimum Gasteiger partial charge on any atom is -0.493 e. The van der Waals surface area contributed by atoms with Gasteiger partial charge in [0.25, 0.3) is 5.91 Å². The van der Waals surface area contributed by atoms with Crippen molar-refractivity contribution in [2.24, 2.45) is 0 Å².